The van der Waals surface area contributed by atoms with Crippen molar-refractivity contribution >= 4 is 5.91 Å². The minimum Gasteiger partial charge on any atom is -0.346 e. The van der Waals surface area contributed by atoms with Gasteiger partial charge in [0, 0.05) is 18.9 Å². The van der Waals surface area contributed by atoms with Gasteiger partial charge in [0.2, 0.25) is 0 Å². The third kappa shape index (κ3) is 3.11. The third-order valence-corrected chi connectivity index (χ3v) is 1.82. The van der Waals surface area contributed by atoms with Gasteiger partial charge in [0.15, 0.2) is 0 Å². The van der Waals surface area contributed by atoms with Gasteiger partial charge in [-0.1, -0.05) is 6.07 Å². The van der Waals surface area contributed by atoms with E-state index in [1.807, 2.05) is 0 Å². The monoisotopic (exact) mass is 254 g/mol. The summed E-state index contributed by atoms with van der Waals surface area (Å²) in [4.78, 5) is 14.3. The van der Waals surface area contributed by atoms with E-state index < -0.39 is 24.6 Å². The number of halogens is 5. The van der Waals surface area contributed by atoms with Crippen molar-refractivity contribution < 1.29 is 26.7 Å². The number of amides is 1. The molecule has 1 N–H and O–H groups in total. The van der Waals surface area contributed by atoms with Crippen molar-refractivity contribution in [3.8, 4) is 0 Å². The highest BCUT2D eigenvalue weighted by Crippen LogP contribution is 2.35. The molecule has 0 unspecified atom stereocenters. The topological polar surface area (TPSA) is 42.0 Å². The van der Waals surface area contributed by atoms with Crippen LogP contribution in [0, 0.1) is 0 Å². The van der Waals surface area contributed by atoms with Crippen molar-refractivity contribution in [2.45, 2.75) is 18.6 Å². The van der Waals surface area contributed by atoms with Gasteiger partial charge in [0.1, 0.15) is 0 Å². The Hall–Kier alpha value is -1.73. The standard InChI is InChI=1S/C9H7F5N2O/c10-8(11,9(12,13)14)7(17)16-5-6-2-1-3-15-4-6/h1-4H,5H2,(H,16,17). The minimum absolute atomic E-state index is 0.318. The summed E-state index contributed by atoms with van der Waals surface area (Å²) in [5.41, 5.74) is 0.318. The summed E-state index contributed by atoms with van der Waals surface area (Å²) >= 11 is 0. The average Bonchev–Trinajstić information content (AvgIpc) is 2.25. The van der Waals surface area contributed by atoms with Gasteiger partial charge in [-0.2, -0.15) is 22.0 Å². The highest BCUT2D eigenvalue weighted by Gasteiger charge is 2.63. The van der Waals surface area contributed by atoms with Crippen LogP contribution in [0.15, 0.2) is 24.5 Å². The molecule has 0 aliphatic heterocycles. The quantitative estimate of drug-likeness (QED) is 0.837. The molecule has 0 radical (unpaired) electrons. The molecular formula is C9H7F5N2O. The van der Waals surface area contributed by atoms with Gasteiger partial charge >= 0.3 is 18.0 Å². The lowest BCUT2D eigenvalue weighted by Crippen LogP contribution is -2.50. The fourth-order valence-corrected chi connectivity index (χ4v) is 0.925. The Morgan fingerprint density at radius 1 is 1.29 bits per heavy atom. The molecule has 17 heavy (non-hydrogen) atoms. The first-order valence-electron chi connectivity index (χ1n) is 4.37. The highest BCUT2D eigenvalue weighted by molar-refractivity contribution is 5.84. The Morgan fingerprint density at radius 3 is 2.41 bits per heavy atom. The smallest absolute Gasteiger partial charge is 0.346 e. The molecule has 0 aliphatic rings. The zero-order valence-electron chi connectivity index (χ0n) is 8.26. The van der Waals surface area contributed by atoms with Crippen LogP contribution in [0.1, 0.15) is 5.56 Å². The molecule has 1 aromatic heterocycles. The maximum Gasteiger partial charge on any atom is 0.463 e. The second-order valence-corrected chi connectivity index (χ2v) is 3.12. The van der Waals surface area contributed by atoms with Gasteiger partial charge in [0.25, 0.3) is 0 Å². The van der Waals surface area contributed by atoms with E-state index >= 15 is 0 Å². The molecule has 94 valence electrons. The molecule has 0 fully saturated rings. The summed E-state index contributed by atoms with van der Waals surface area (Å²) in [5.74, 6) is -7.77. The summed E-state index contributed by atoms with van der Waals surface area (Å²) < 4.78 is 60.3. The van der Waals surface area contributed by atoms with Gasteiger partial charge in [-0.3, -0.25) is 9.78 Å². The lowest BCUT2D eigenvalue weighted by atomic mass is 10.2. The molecule has 3 nitrogen and oxygen atoms in total. The molecule has 0 bridgehead atoms. The van der Waals surface area contributed by atoms with Crippen LogP contribution in [-0.4, -0.2) is 23.0 Å². The number of nitrogens with zero attached hydrogens (tertiary/aromatic N) is 1. The van der Waals surface area contributed by atoms with Crippen molar-refractivity contribution in [2.24, 2.45) is 0 Å². The molecule has 0 atom stereocenters. The second-order valence-electron chi connectivity index (χ2n) is 3.12. The van der Waals surface area contributed by atoms with Crippen LogP contribution < -0.4 is 5.32 Å². The van der Waals surface area contributed by atoms with E-state index in [1.54, 1.807) is 0 Å². The first-order valence-corrected chi connectivity index (χ1v) is 4.37. The zero-order chi connectivity index (χ0) is 13.1. The Bertz CT molecular complexity index is 390. The molecule has 0 saturated carbocycles. The van der Waals surface area contributed by atoms with Crippen LogP contribution in [0.4, 0.5) is 22.0 Å². The number of pyridine rings is 1. The summed E-state index contributed by atoms with van der Waals surface area (Å²) in [7, 11) is 0. The number of aromatic nitrogens is 1. The Kier molecular flexibility index (Phi) is 3.64. The fraction of sp³-hybridized carbons (Fsp3) is 0.333. The molecule has 8 heteroatoms. The van der Waals surface area contributed by atoms with Crippen LogP contribution in [-0.2, 0) is 11.3 Å². The normalized spacial score (nSPS) is 12.3. The van der Waals surface area contributed by atoms with E-state index in [0.717, 1.165) is 0 Å². The first-order chi connectivity index (χ1) is 7.75. The Morgan fingerprint density at radius 2 is 1.94 bits per heavy atom. The van der Waals surface area contributed by atoms with Crippen molar-refractivity contribution in [3.63, 3.8) is 0 Å². The van der Waals surface area contributed by atoms with Gasteiger partial charge in [0.05, 0.1) is 0 Å². The largest absolute Gasteiger partial charge is 0.463 e. The van der Waals surface area contributed by atoms with Crippen molar-refractivity contribution in [3.05, 3.63) is 30.1 Å². The second kappa shape index (κ2) is 4.64. The molecular weight excluding hydrogens is 247 g/mol. The van der Waals surface area contributed by atoms with Gasteiger partial charge < -0.3 is 5.32 Å². The van der Waals surface area contributed by atoms with E-state index in [4.69, 9.17) is 0 Å². The van der Waals surface area contributed by atoms with Crippen LogP contribution >= 0.6 is 0 Å². The number of hydrogen-bond donors (Lipinski definition) is 1. The number of nitrogens with one attached hydrogen (secondary N) is 1. The predicted molar refractivity (Wildman–Crippen MR) is 47.1 cm³/mol. The van der Waals surface area contributed by atoms with Crippen LogP contribution in [0.2, 0.25) is 0 Å². The molecule has 1 aromatic rings. The van der Waals surface area contributed by atoms with Crippen molar-refractivity contribution in [1.29, 1.82) is 0 Å². The number of carbonyl (C=O) groups excluding carboxylic acids is 1. The van der Waals surface area contributed by atoms with Crippen LogP contribution in [0.3, 0.4) is 0 Å². The maximum absolute atomic E-state index is 12.5. The SMILES string of the molecule is O=C(NCc1cccnc1)C(F)(F)C(F)(F)F. The summed E-state index contributed by atoms with van der Waals surface area (Å²) in [6, 6.07) is 2.89. The van der Waals surface area contributed by atoms with Gasteiger partial charge in [-0.15, -0.1) is 0 Å². The van der Waals surface area contributed by atoms with E-state index in [9.17, 15) is 26.7 Å². The van der Waals surface area contributed by atoms with E-state index in [2.05, 4.69) is 4.98 Å². The lowest BCUT2D eigenvalue weighted by Gasteiger charge is -2.18. The van der Waals surface area contributed by atoms with Crippen LogP contribution in [0.25, 0.3) is 0 Å². The molecule has 1 amide bonds. The van der Waals surface area contributed by atoms with Crippen molar-refractivity contribution in [1.82, 2.24) is 10.3 Å². The summed E-state index contributed by atoms with van der Waals surface area (Å²) in [5, 5.41) is 1.50. The zero-order valence-corrected chi connectivity index (χ0v) is 8.26. The van der Waals surface area contributed by atoms with Gasteiger partial charge in [-0.25, -0.2) is 0 Å². The van der Waals surface area contributed by atoms with E-state index in [1.165, 1.54) is 29.8 Å². The molecule has 0 aliphatic carbocycles. The highest BCUT2D eigenvalue weighted by atomic mass is 19.4. The van der Waals surface area contributed by atoms with E-state index in [0.29, 0.717) is 5.56 Å². The summed E-state index contributed by atoms with van der Waals surface area (Å²) in [6.45, 7) is -0.446. The molecule has 1 rings (SSSR count). The predicted octanol–water partition coefficient (Wildman–Crippen LogP) is 1.90. The number of alkyl halides is 5. The lowest BCUT2D eigenvalue weighted by molar-refractivity contribution is -0.269. The summed E-state index contributed by atoms with van der Waals surface area (Å²) in [6.07, 6.45) is -3.26. The fourth-order valence-electron chi connectivity index (χ4n) is 0.925. The average molecular weight is 254 g/mol. The number of hydrogen-bond acceptors (Lipinski definition) is 2. The van der Waals surface area contributed by atoms with Crippen molar-refractivity contribution in [2.75, 3.05) is 0 Å². The maximum atomic E-state index is 12.5. The molecule has 0 saturated heterocycles. The Labute approximate surface area is 92.6 Å². The molecule has 0 spiro atoms. The van der Waals surface area contributed by atoms with Crippen LogP contribution in [0.5, 0.6) is 0 Å². The molecule has 0 aromatic carbocycles. The molecule has 1 heterocycles. The number of carbonyl (C=O) groups is 1. The Balaban J connectivity index is 2.62. The third-order valence-electron chi connectivity index (χ3n) is 1.82. The van der Waals surface area contributed by atoms with E-state index in [-0.39, 0.29) is 0 Å². The number of rotatable bonds is 3. The first kappa shape index (κ1) is 13.3. The van der Waals surface area contributed by atoms with Gasteiger partial charge in [-0.05, 0) is 11.6 Å². The minimum atomic E-state index is -5.90.